The van der Waals surface area contributed by atoms with Gasteiger partial charge in [-0.2, -0.15) is 0 Å². The van der Waals surface area contributed by atoms with Gasteiger partial charge in [-0.15, -0.1) is 0 Å². The molecule has 1 N–H and O–H groups in total. The third-order valence-corrected chi connectivity index (χ3v) is 3.88. The Morgan fingerprint density at radius 3 is 3.05 bits per heavy atom. The molecule has 2 aromatic rings. The van der Waals surface area contributed by atoms with Crippen LogP contribution in [-0.2, 0) is 6.42 Å². The summed E-state index contributed by atoms with van der Waals surface area (Å²) in [6.45, 7) is 0. The average molecular weight is 270 g/mol. The molecule has 0 amide bonds. The van der Waals surface area contributed by atoms with Gasteiger partial charge in [0.25, 0.3) is 0 Å². The van der Waals surface area contributed by atoms with Crippen molar-refractivity contribution in [3.05, 3.63) is 53.5 Å². The lowest BCUT2D eigenvalue weighted by atomic mass is 9.82. The smallest absolute Gasteiger partial charge is 0.213 e. The van der Waals surface area contributed by atoms with Gasteiger partial charge in [0.2, 0.25) is 5.88 Å². The van der Waals surface area contributed by atoms with Gasteiger partial charge in [0.05, 0.1) is 12.8 Å². The molecule has 20 heavy (non-hydrogen) atoms. The normalized spacial score (nSPS) is 19.2. The summed E-state index contributed by atoms with van der Waals surface area (Å²) in [6.07, 6.45) is 4.20. The number of aliphatic hydroxyl groups is 1. The van der Waals surface area contributed by atoms with Gasteiger partial charge < -0.3 is 9.84 Å². The number of hydrogen-bond acceptors (Lipinski definition) is 4. The Labute approximate surface area is 118 Å². The van der Waals surface area contributed by atoms with Crippen molar-refractivity contribution in [3.8, 4) is 5.88 Å². The lowest BCUT2D eigenvalue weighted by Crippen LogP contribution is -2.19. The van der Waals surface area contributed by atoms with Gasteiger partial charge in [-0.3, -0.25) is 4.98 Å². The second kappa shape index (κ2) is 5.59. The van der Waals surface area contributed by atoms with Crippen LogP contribution in [0.1, 0.15) is 41.8 Å². The Bertz CT molecular complexity index is 601. The second-order valence-electron chi connectivity index (χ2n) is 5.10. The molecule has 2 unspecified atom stereocenters. The molecule has 2 heterocycles. The van der Waals surface area contributed by atoms with Crippen LogP contribution in [-0.4, -0.2) is 22.2 Å². The highest BCUT2D eigenvalue weighted by Crippen LogP contribution is 2.38. The first-order valence-electron chi connectivity index (χ1n) is 6.92. The Kier molecular flexibility index (Phi) is 3.65. The monoisotopic (exact) mass is 270 g/mol. The molecule has 0 fully saturated rings. The van der Waals surface area contributed by atoms with Crippen molar-refractivity contribution in [2.24, 2.45) is 0 Å². The third-order valence-electron chi connectivity index (χ3n) is 3.88. The largest absolute Gasteiger partial charge is 0.481 e. The maximum absolute atomic E-state index is 10.7. The molecule has 1 aliphatic rings. The van der Waals surface area contributed by atoms with E-state index < -0.39 is 6.10 Å². The van der Waals surface area contributed by atoms with E-state index in [2.05, 4.69) is 16.0 Å². The van der Waals surface area contributed by atoms with E-state index in [4.69, 9.17) is 4.74 Å². The SMILES string of the molecule is COc1cccc(C(O)C2CCCc3cccnc32)n1. The van der Waals surface area contributed by atoms with E-state index in [9.17, 15) is 5.11 Å². The molecule has 0 aromatic carbocycles. The number of aryl methyl sites for hydroxylation is 1. The molecule has 0 spiro atoms. The summed E-state index contributed by atoms with van der Waals surface area (Å²) < 4.78 is 5.12. The molecule has 4 heteroatoms. The minimum Gasteiger partial charge on any atom is -0.481 e. The fraction of sp³-hybridized carbons (Fsp3) is 0.375. The average Bonchev–Trinajstić information content (AvgIpc) is 2.53. The number of hydrogen-bond donors (Lipinski definition) is 1. The quantitative estimate of drug-likeness (QED) is 0.931. The topological polar surface area (TPSA) is 55.2 Å². The van der Waals surface area contributed by atoms with E-state index >= 15 is 0 Å². The van der Waals surface area contributed by atoms with E-state index in [0.29, 0.717) is 11.6 Å². The third kappa shape index (κ3) is 2.39. The van der Waals surface area contributed by atoms with Crippen LogP contribution in [0.5, 0.6) is 5.88 Å². The number of fused-ring (bicyclic) bond motifs is 1. The zero-order chi connectivity index (χ0) is 13.9. The summed E-state index contributed by atoms with van der Waals surface area (Å²) in [5.74, 6) is 0.540. The number of aliphatic hydroxyl groups excluding tert-OH is 1. The molecular weight excluding hydrogens is 252 g/mol. The fourth-order valence-corrected chi connectivity index (χ4v) is 2.87. The fourth-order valence-electron chi connectivity index (χ4n) is 2.87. The highest BCUT2D eigenvalue weighted by Gasteiger charge is 2.29. The summed E-state index contributed by atoms with van der Waals surface area (Å²) in [4.78, 5) is 8.81. The molecule has 3 rings (SSSR count). The van der Waals surface area contributed by atoms with Crippen molar-refractivity contribution in [1.82, 2.24) is 9.97 Å². The summed E-state index contributed by atoms with van der Waals surface area (Å²) in [7, 11) is 1.58. The van der Waals surface area contributed by atoms with Crippen molar-refractivity contribution in [2.75, 3.05) is 7.11 Å². The summed E-state index contributed by atoms with van der Waals surface area (Å²) in [6, 6.07) is 9.53. The molecule has 0 bridgehead atoms. The van der Waals surface area contributed by atoms with Crippen molar-refractivity contribution < 1.29 is 9.84 Å². The zero-order valence-corrected chi connectivity index (χ0v) is 11.5. The second-order valence-corrected chi connectivity index (χ2v) is 5.10. The van der Waals surface area contributed by atoms with Crippen LogP contribution < -0.4 is 4.74 Å². The Morgan fingerprint density at radius 1 is 1.30 bits per heavy atom. The minimum absolute atomic E-state index is 0.0135. The first-order valence-corrected chi connectivity index (χ1v) is 6.92. The van der Waals surface area contributed by atoms with Gasteiger partial charge in [0.1, 0.15) is 6.10 Å². The van der Waals surface area contributed by atoms with Crippen LogP contribution >= 0.6 is 0 Å². The molecule has 1 aliphatic carbocycles. The number of nitrogens with zero attached hydrogens (tertiary/aromatic N) is 2. The molecule has 104 valence electrons. The summed E-state index contributed by atoms with van der Waals surface area (Å²) >= 11 is 0. The molecule has 2 aromatic heterocycles. The highest BCUT2D eigenvalue weighted by molar-refractivity contribution is 5.29. The number of ether oxygens (including phenoxy) is 1. The standard InChI is InChI=1S/C16H18N2O2/c1-20-14-9-3-8-13(18-14)16(19)12-7-2-5-11-6-4-10-17-15(11)12/h3-4,6,8-10,12,16,19H,2,5,7H2,1H3. The van der Waals surface area contributed by atoms with E-state index in [0.717, 1.165) is 25.0 Å². The lowest BCUT2D eigenvalue weighted by molar-refractivity contribution is 0.129. The van der Waals surface area contributed by atoms with Crippen LogP contribution in [0.2, 0.25) is 0 Å². The van der Waals surface area contributed by atoms with Gasteiger partial charge >= 0.3 is 0 Å². The highest BCUT2D eigenvalue weighted by atomic mass is 16.5. The maximum Gasteiger partial charge on any atom is 0.213 e. The Hall–Kier alpha value is -1.94. The molecule has 2 atom stereocenters. The number of methoxy groups -OCH3 is 1. The van der Waals surface area contributed by atoms with Crippen LogP contribution in [0.4, 0.5) is 0 Å². The predicted octanol–water partition coefficient (Wildman–Crippen LogP) is 2.64. The Balaban J connectivity index is 1.93. The van der Waals surface area contributed by atoms with E-state index in [-0.39, 0.29) is 5.92 Å². The van der Waals surface area contributed by atoms with Crippen molar-refractivity contribution in [2.45, 2.75) is 31.3 Å². The van der Waals surface area contributed by atoms with E-state index in [1.165, 1.54) is 5.56 Å². The first kappa shape index (κ1) is 13.1. The van der Waals surface area contributed by atoms with E-state index in [1.54, 1.807) is 19.4 Å². The van der Waals surface area contributed by atoms with Gasteiger partial charge in [0.15, 0.2) is 0 Å². The first-order chi connectivity index (χ1) is 9.79. The van der Waals surface area contributed by atoms with Crippen LogP contribution in [0.3, 0.4) is 0 Å². The summed E-state index contributed by atoms with van der Waals surface area (Å²) in [5, 5.41) is 10.7. The van der Waals surface area contributed by atoms with Crippen LogP contribution in [0.25, 0.3) is 0 Å². The van der Waals surface area contributed by atoms with Crippen LogP contribution in [0, 0.1) is 0 Å². The molecule has 0 saturated heterocycles. The lowest BCUT2D eigenvalue weighted by Gasteiger charge is -2.28. The number of aromatic nitrogens is 2. The van der Waals surface area contributed by atoms with Crippen LogP contribution in [0.15, 0.2) is 36.5 Å². The minimum atomic E-state index is -0.640. The van der Waals surface area contributed by atoms with E-state index in [1.807, 2.05) is 18.2 Å². The summed E-state index contributed by atoms with van der Waals surface area (Å²) in [5.41, 5.74) is 2.90. The molecular formula is C16H18N2O2. The zero-order valence-electron chi connectivity index (χ0n) is 11.5. The molecule has 0 saturated carbocycles. The maximum atomic E-state index is 10.7. The number of pyridine rings is 2. The Morgan fingerprint density at radius 2 is 2.20 bits per heavy atom. The van der Waals surface area contributed by atoms with Gasteiger partial charge in [-0.25, -0.2) is 4.98 Å². The van der Waals surface area contributed by atoms with Gasteiger partial charge in [0, 0.05) is 23.9 Å². The molecule has 0 aliphatic heterocycles. The van der Waals surface area contributed by atoms with Crippen molar-refractivity contribution in [3.63, 3.8) is 0 Å². The molecule has 0 radical (unpaired) electrons. The van der Waals surface area contributed by atoms with Crippen molar-refractivity contribution in [1.29, 1.82) is 0 Å². The van der Waals surface area contributed by atoms with Gasteiger partial charge in [-0.05, 0) is 37.0 Å². The predicted molar refractivity (Wildman–Crippen MR) is 75.7 cm³/mol. The van der Waals surface area contributed by atoms with Gasteiger partial charge in [-0.1, -0.05) is 12.1 Å². The van der Waals surface area contributed by atoms with Crippen molar-refractivity contribution >= 4 is 0 Å². The number of rotatable bonds is 3. The molecule has 4 nitrogen and oxygen atoms in total.